The minimum atomic E-state index is -0.412. The maximum atomic E-state index is 12.7. The Hall–Kier alpha value is -3.33. The molecule has 1 aliphatic rings. The smallest absolute Gasteiger partial charge is 0.246 e. The summed E-state index contributed by atoms with van der Waals surface area (Å²) in [5.41, 5.74) is 0.658. The molecule has 1 heterocycles. The van der Waals surface area contributed by atoms with Gasteiger partial charge in [-0.25, -0.2) is 4.98 Å². The summed E-state index contributed by atoms with van der Waals surface area (Å²) in [5.74, 6) is 0.433. The van der Waals surface area contributed by atoms with Gasteiger partial charge < -0.3 is 28.8 Å². The van der Waals surface area contributed by atoms with E-state index in [9.17, 15) is 9.59 Å². The lowest BCUT2D eigenvalue weighted by Crippen LogP contribution is -2.31. The predicted octanol–water partition coefficient (Wildman–Crippen LogP) is 1.78. The average Bonchev–Trinajstić information content (AvgIpc) is 3.16. The van der Waals surface area contributed by atoms with Crippen LogP contribution in [0.25, 0.3) is 11.5 Å². The van der Waals surface area contributed by atoms with Gasteiger partial charge >= 0.3 is 0 Å². The predicted molar refractivity (Wildman–Crippen MR) is 105 cm³/mol. The molecule has 0 radical (unpaired) electrons. The van der Waals surface area contributed by atoms with Crippen LogP contribution in [0.15, 0.2) is 28.3 Å². The Bertz CT molecular complexity index is 952. The molecule has 1 aliphatic carbocycles. The summed E-state index contributed by atoms with van der Waals surface area (Å²) in [6, 6.07) is 3.27. The quantitative estimate of drug-likeness (QED) is 0.709. The molecule has 29 heavy (non-hydrogen) atoms. The second kappa shape index (κ2) is 8.36. The third kappa shape index (κ3) is 3.95. The van der Waals surface area contributed by atoms with Crippen molar-refractivity contribution in [3.05, 3.63) is 35.4 Å². The fourth-order valence-corrected chi connectivity index (χ4v) is 2.90. The summed E-state index contributed by atoms with van der Waals surface area (Å²) < 4.78 is 21.7. The van der Waals surface area contributed by atoms with Crippen LogP contribution in [0, 0.1) is 0 Å². The first-order chi connectivity index (χ1) is 13.9. The van der Waals surface area contributed by atoms with Gasteiger partial charge in [0.2, 0.25) is 29.0 Å². The van der Waals surface area contributed by atoms with Crippen LogP contribution in [0.3, 0.4) is 0 Å². The number of carbonyl (C=O) groups excluding carboxylic acids is 2. The van der Waals surface area contributed by atoms with Crippen LogP contribution in [0.5, 0.6) is 17.2 Å². The number of carbonyl (C=O) groups is 2. The highest BCUT2D eigenvalue weighted by molar-refractivity contribution is 6.22. The Kier molecular flexibility index (Phi) is 5.88. The van der Waals surface area contributed by atoms with E-state index < -0.39 is 11.6 Å². The van der Waals surface area contributed by atoms with Crippen LogP contribution in [-0.4, -0.2) is 70.0 Å². The molecule has 9 heteroatoms. The van der Waals surface area contributed by atoms with Gasteiger partial charge in [-0.1, -0.05) is 0 Å². The number of rotatable bonds is 8. The van der Waals surface area contributed by atoms with Gasteiger partial charge in [0.25, 0.3) is 0 Å². The van der Waals surface area contributed by atoms with Gasteiger partial charge in [-0.15, -0.1) is 0 Å². The molecular formula is C20H23N3O6. The number of aromatic nitrogens is 1. The number of hydrogen-bond donors (Lipinski definition) is 1. The van der Waals surface area contributed by atoms with Gasteiger partial charge in [-0.3, -0.25) is 9.59 Å². The summed E-state index contributed by atoms with van der Waals surface area (Å²) in [7, 11) is 8.32. The van der Waals surface area contributed by atoms with E-state index in [0.29, 0.717) is 35.9 Å². The van der Waals surface area contributed by atoms with Gasteiger partial charge in [0.1, 0.15) is 0 Å². The highest BCUT2D eigenvalue weighted by atomic mass is 16.5. The molecule has 0 fully saturated rings. The fraction of sp³-hybridized carbons (Fsp3) is 0.350. The maximum Gasteiger partial charge on any atom is 0.246 e. The Labute approximate surface area is 168 Å². The highest BCUT2D eigenvalue weighted by Crippen LogP contribution is 2.41. The monoisotopic (exact) mass is 401 g/mol. The lowest BCUT2D eigenvalue weighted by Gasteiger charge is -2.14. The van der Waals surface area contributed by atoms with Gasteiger partial charge in [0.05, 0.1) is 27.0 Å². The van der Waals surface area contributed by atoms with Gasteiger partial charge in [-0.2, -0.15) is 0 Å². The van der Waals surface area contributed by atoms with Gasteiger partial charge in [0, 0.05) is 24.7 Å². The lowest BCUT2D eigenvalue weighted by molar-refractivity contribution is 0.0956. The number of Topliss-reactive ketones (excluding diaryl/α,β-unsaturated/α-hetero) is 1. The number of likely N-dealkylation sites (N-methyl/N-ethyl adjacent to an activating group) is 1. The number of nitrogens with one attached hydrogen (secondary N) is 1. The fourth-order valence-electron chi connectivity index (χ4n) is 2.90. The van der Waals surface area contributed by atoms with E-state index in [1.807, 2.05) is 19.0 Å². The highest BCUT2D eigenvalue weighted by Gasteiger charge is 2.32. The number of nitrogens with zero attached hydrogens (tertiary/aromatic N) is 2. The molecule has 1 aromatic carbocycles. The summed E-state index contributed by atoms with van der Waals surface area (Å²) >= 11 is 0. The maximum absolute atomic E-state index is 12.7. The Morgan fingerprint density at radius 3 is 2.28 bits per heavy atom. The first-order valence-corrected chi connectivity index (χ1v) is 8.90. The number of methoxy groups -OCH3 is 3. The van der Waals surface area contributed by atoms with Crippen molar-refractivity contribution in [3.8, 4) is 28.7 Å². The molecule has 1 N–H and O–H groups in total. The third-order valence-electron chi connectivity index (χ3n) is 4.37. The molecule has 0 bridgehead atoms. The molecule has 3 rings (SSSR count). The van der Waals surface area contributed by atoms with Crippen molar-refractivity contribution in [2.45, 2.75) is 0 Å². The standard InChI is InChI=1S/C20H23N3O6/c1-23(2)7-6-21-12-10-13(24)16-19(17(12)25)29-20(22-16)11-8-14(26-3)18(28-5)15(9-11)27-4/h8-10,21H,6-7H2,1-5H3. The normalized spacial score (nSPS) is 13.2. The largest absolute Gasteiger partial charge is 0.493 e. The second-order valence-corrected chi connectivity index (χ2v) is 6.59. The molecular weight excluding hydrogens is 378 g/mol. The van der Waals surface area contributed by atoms with E-state index in [2.05, 4.69) is 10.3 Å². The number of benzene rings is 1. The third-order valence-corrected chi connectivity index (χ3v) is 4.37. The number of allylic oxidation sites excluding steroid dienone is 2. The zero-order valence-corrected chi connectivity index (χ0v) is 17.0. The van der Waals surface area contributed by atoms with Crippen LogP contribution < -0.4 is 19.5 Å². The molecule has 9 nitrogen and oxygen atoms in total. The molecule has 0 unspecified atom stereocenters. The van der Waals surface area contributed by atoms with E-state index in [-0.39, 0.29) is 23.0 Å². The number of hydrogen-bond acceptors (Lipinski definition) is 9. The molecule has 154 valence electrons. The summed E-state index contributed by atoms with van der Waals surface area (Å²) in [6.07, 6.45) is 1.25. The molecule has 0 saturated carbocycles. The van der Waals surface area contributed by atoms with Crippen molar-refractivity contribution in [3.63, 3.8) is 0 Å². The van der Waals surface area contributed by atoms with Gasteiger partial charge in [0.15, 0.2) is 17.2 Å². The topological polar surface area (TPSA) is 103 Å². The van der Waals surface area contributed by atoms with E-state index in [1.165, 1.54) is 27.4 Å². The average molecular weight is 401 g/mol. The number of ether oxygens (including phenoxy) is 3. The van der Waals surface area contributed by atoms with Crippen molar-refractivity contribution in [2.24, 2.45) is 0 Å². The molecule has 2 aromatic rings. The minimum Gasteiger partial charge on any atom is -0.493 e. The molecule has 0 spiro atoms. The van der Waals surface area contributed by atoms with Crippen LogP contribution in [0.4, 0.5) is 0 Å². The van der Waals surface area contributed by atoms with Crippen LogP contribution in [0.1, 0.15) is 21.0 Å². The first kappa shape index (κ1) is 20.4. The number of oxazole rings is 1. The van der Waals surface area contributed by atoms with E-state index in [1.54, 1.807) is 12.1 Å². The summed E-state index contributed by atoms with van der Waals surface area (Å²) in [4.78, 5) is 31.4. The van der Waals surface area contributed by atoms with Gasteiger partial charge in [-0.05, 0) is 26.2 Å². The Morgan fingerprint density at radius 1 is 1.07 bits per heavy atom. The van der Waals surface area contributed by atoms with Crippen molar-refractivity contribution in [1.29, 1.82) is 0 Å². The van der Waals surface area contributed by atoms with Crippen LogP contribution in [0.2, 0.25) is 0 Å². The van der Waals surface area contributed by atoms with Crippen molar-refractivity contribution >= 4 is 11.6 Å². The van der Waals surface area contributed by atoms with Crippen molar-refractivity contribution < 1.29 is 28.2 Å². The molecule has 1 aromatic heterocycles. The van der Waals surface area contributed by atoms with Crippen molar-refractivity contribution in [2.75, 3.05) is 48.5 Å². The minimum absolute atomic E-state index is 0.0167. The first-order valence-electron chi connectivity index (χ1n) is 8.90. The van der Waals surface area contributed by atoms with Crippen LogP contribution >= 0.6 is 0 Å². The second-order valence-electron chi connectivity index (χ2n) is 6.59. The number of ketones is 2. The van der Waals surface area contributed by atoms with E-state index in [4.69, 9.17) is 18.6 Å². The van der Waals surface area contributed by atoms with Crippen LogP contribution in [-0.2, 0) is 0 Å². The summed E-state index contributed by atoms with van der Waals surface area (Å²) in [5, 5.41) is 2.98. The lowest BCUT2D eigenvalue weighted by atomic mass is 10.0. The molecule has 0 aliphatic heterocycles. The SMILES string of the molecule is COc1cc(-c2nc3c(o2)C(=O)C(NCCN(C)C)=CC3=O)cc(OC)c1OC. The summed E-state index contributed by atoms with van der Waals surface area (Å²) in [6.45, 7) is 1.22. The zero-order chi connectivity index (χ0) is 21.1. The zero-order valence-electron chi connectivity index (χ0n) is 17.0. The molecule has 0 saturated heterocycles. The Morgan fingerprint density at radius 2 is 1.72 bits per heavy atom. The molecule has 0 atom stereocenters. The number of fused-ring (bicyclic) bond motifs is 1. The Balaban J connectivity index is 1.95. The van der Waals surface area contributed by atoms with Crippen molar-refractivity contribution in [1.82, 2.24) is 15.2 Å². The van der Waals surface area contributed by atoms with E-state index >= 15 is 0 Å². The molecule has 0 amide bonds. The van der Waals surface area contributed by atoms with E-state index in [0.717, 1.165) is 0 Å².